The zero-order chi connectivity index (χ0) is 14.6. The summed E-state index contributed by atoms with van der Waals surface area (Å²) in [4.78, 5) is 14.7. The van der Waals surface area contributed by atoms with Gasteiger partial charge in [0.15, 0.2) is 0 Å². The Balaban J connectivity index is 3.12. The zero-order valence-electron chi connectivity index (χ0n) is 10.00. The van der Waals surface area contributed by atoms with E-state index < -0.39 is 17.8 Å². The highest BCUT2D eigenvalue weighted by Crippen LogP contribution is 2.32. The zero-order valence-corrected chi connectivity index (χ0v) is 11.6. The standard InChI is InChI=1S/C11H12ClF3N2OS/c1-6(4-5-12)19-10-7(9(16)18)2-3-8(17-10)11(13,14)15/h2-3,6H,4-5H2,1H3,(H2,16,18). The van der Waals surface area contributed by atoms with Crippen molar-refractivity contribution in [1.29, 1.82) is 0 Å². The number of aromatic nitrogens is 1. The van der Waals surface area contributed by atoms with Gasteiger partial charge in [0.25, 0.3) is 5.91 Å². The largest absolute Gasteiger partial charge is 0.433 e. The molecular formula is C11H12ClF3N2OS. The molecule has 0 saturated carbocycles. The van der Waals surface area contributed by atoms with Crippen LogP contribution < -0.4 is 5.73 Å². The van der Waals surface area contributed by atoms with Crippen LogP contribution in [0.4, 0.5) is 13.2 Å². The summed E-state index contributed by atoms with van der Waals surface area (Å²) >= 11 is 6.62. The Morgan fingerprint density at radius 3 is 2.63 bits per heavy atom. The molecule has 1 atom stereocenters. The van der Waals surface area contributed by atoms with Crippen LogP contribution in [-0.4, -0.2) is 22.0 Å². The van der Waals surface area contributed by atoms with Gasteiger partial charge in [0, 0.05) is 11.1 Å². The summed E-state index contributed by atoms with van der Waals surface area (Å²) in [5.41, 5.74) is 4.07. The second-order valence-corrected chi connectivity index (χ2v) is 5.62. The topological polar surface area (TPSA) is 56.0 Å². The number of halogens is 4. The van der Waals surface area contributed by atoms with Crippen molar-refractivity contribution in [3.63, 3.8) is 0 Å². The third-order valence-corrected chi connectivity index (χ3v) is 3.64. The summed E-state index contributed by atoms with van der Waals surface area (Å²) in [6, 6.07) is 1.80. The number of carbonyl (C=O) groups excluding carboxylic acids is 1. The molecule has 8 heteroatoms. The maximum atomic E-state index is 12.6. The number of rotatable bonds is 5. The van der Waals surface area contributed by atoms with E-state index in [0.717, 1.165) is 23.9 Å². The van der Waals surface area contributed by atoms with E-state index >= 15 is 0 Å². The Bertz CT molecular complexity index is 468. The molecule has 0 radical (unpaired) electrons. The van der Waals surface area contributed by atoms with Crippen LogP contribution in [0.3, 0.4) is 0 Å². The van der Waals surface area contributed by atoms with Crippen molar-refractivity contribution in [1.82, 2.24) is 4.98 Å². The molecule has 0 bridgehead atoms. The monoisotopic (exact) mass is 312 g/mol. The SMILES string of the molecule is CC(CCCl)Sc1nc(C(F)(F)F)ccc1C(N)=O. The predicted octanol–water partition coefficient (Wildman–Crippen LogP) is 3.31. The molecule has 1 unspecified atom stereocenters. The fourth-order valence-corrected chi connectivity index (χ4v) is 2.80. The molecule has 1 aromatic rings. The van der Waals surface area contributed by atoms with Gasteiger partial charge in [-0.3, -0.25) is 4.79 Å². The Labute approximate surface area is 117 Å². The summed E-state index contributed by atoms with van der Waals surface area (Å²) < 4.78 is 37.7. The van der Waals surface area contributed by atoms with Gasteiger partial charge in [-0.2, -0.15) is 13.2 Å². The third-order valence-electron chi connectivity index (χ3n) is 2.24. The molecular weight excluding hydrogens is 301 g/mol. The van der Waals surface area contributed by atoms with E-state index in [1.165, 1.54) is 0 Å². The fourth-order valence-electron chi connectivity index (χ4n) is 1.28. The van der Waals surface area contributed by atoms with Crippen LogP contribution in [0.5, 0.6) is 0 Å². The van der Waals surface area contributed by atoms with E-state index in [1.54, 1.807) is 6.92 Å². The number of hydrogen-bond acceptors (Lipinski definition) is 3. The summed E-state index contributed by atoms with van der Waals surface area (Å²) in [6.07, 6.45) is -3.97. The highest BCUT2D eigenvalue weighted by atomic mass is 35.5. The lowest BCUT2D eigenvalue weighted by Gasteiger charge is -2.13. The number of pyridine rings is 1. The number of thioether (sulfide) groups is 1. The first-order valence-electron chi connectivity index (χ1n) is 5.36. The quantitative estimate of drug-likeness (QED) is 0.670. The van der Waals surface area contributed by atoms with Crippen LogP contribution in [0.1, 0.15) is 29.4 Å². The van der Waals surface area contributed by atoms with E-state index in [9.17, 15) is 18.0 Å². The number of hydrogen-bond donors (Lipinski definition) is 1. The molecule has 2 N–H and O–H groups in total. The molecule has 1 rings (SSSR count). The molecule has 106 valence electrons. The number of nitrogens with two attached hydrogens (primary N) is 1. The highest BCUT2D eigenvalue weighted by Gasteiger charge is 2.33. The molecule has 0 saturated heterocycles. The van der Waals surface area contributed by atoms with Gasteiger partial charge in [-0.25, -0.2) is 4.98 Å². The minimum atomic E-state index is -4.55. The Hall–Kier alpha value is -0.950. The molecule has 0 aliphatic rings. The normalized spacial score (nSPS) is 13.3. The van der Waals surface area contributed by atoms with Crippen LogP contribution in [0.25, 0.3) is 0 Å². The van der Waals surface area contributed by atoms with Gasteiger partial charge in [-0.1, -0.05) is 6.92 Å². The van der Waals surface area contributed by atoms with E-state index in [-0.39, 0.29) is 15.8 Å². The molecule has 1 aromatic heterocycles. The van der Waals surface area contributed by atoms with E-state index in [1.807, 2.05) is 0 Å². The van der Waals surface area contributed by atoms with Crippen molar-refractivity contribution < 1.29 is 18.0 Å². The second kappa shape index (κ2) is 6.47. The van der Waals surface area contributed by atoms with Gasteiger partial charge in [-0.15, -0.1) is 23.4 Å². The van der Waals surface area contributed by atoms with Gasteiger partial charge in [-0.05, 0) is 18.6 Å². The average Bonchev–Trinajstić information content (AvgIpc) is 2.27. The molecule has 19 heavy (non-hydrogen) atoms. The Kier molecular flexibility index (Phi) is 5.49. The number of primary amides is 1. The van der Waals surface area contributed by atoms with Gasteiger partial charge in [0.1, 0.15) is 10.7 Å². The first kappa shape index (κ1) is 16.1. The first-order valence-corrected chi connectivity index (χ1v) is 6.77. The van der Waals surface area contributed by atoms with Crippen LogP contribution in [0.15, 0.2) is 17.2 Å². The number of carbonyl (C=O) groups is 1. The van der Waals surface area contributed by atoms with E-state index in [2.05, 4.69) is 4.98 Å². The number of alkyl halides is 4. The van der Waals surface area contributed by atoms with Gasteiger partial charge in [0.2, 0.25) is 0 Å². The van der Waals surface area contributed by atoms with Crippen LogP contribution >= 0.6 is 23.4 Å². The first-order chi connectivity index (χ1) is 8.75. The molecule has 1 heterocycles. The Morgan fingerprint density at radius 2 is 2.16 bits per heavy atom. The van der Waals surface area contributed by atoms with Crippen molar-refractivity contribution >= 4 is 29.3 Å². The van der Waals surface area contributed by atoms with Crippen molar-refractivity contribution in [2.24, 2.45) is 5.73 Å². The molecule has 0 aliphatic heterocycles. The Morgan fingerprint density at radius 1 is 1.53 bits per heavy atom. The molecule has 0 fully saturated rings. The maximum absolute atomic E-state index is 12.6. The summed E-state index contributed by atoms with van der Waals surface area (Å²) in [6.45, 7) is 1.79. The minimum absolute atomic E-state index is 0.0139. The lowest BCUT2D eigenvalue weighted by Crippen LogP contribution is -2.16. The molecule has 0 aliphatic carbocycles. The van der Waals surface area contributed by atoms with Crippen LogP contribution in [-0.2, 0) is 6.18 Å². The molecule has 1 amide bonds. The summed E-state index contributed by atoms with van der Waals surface area (Å²) in [5.74, 6) is -0.430. The minimum Gasteiger partial charge on any atom is -0.366 e. The van der Waals surface area contributed by atoms with E-state index in [0.29, 0.717) is 12.3 Å². The van der Waals surface area contributed by atoms with Crippen molar-refractivity contribution in [2.45, 2.75) is 29.8 Å². The summed E-state index contributed by atoms with van der Waals surface area (Å²) in [7, 11) is 0. The molecule has 3 nitrogen and oxygen atoms in total. The predicted molar refractivity (Wildman–Crippen MR) is 68.4 cm³/mol. The van der Waals surface area contributed by atoms with E-state index in [4.69, 9.17) is 17.3 Å². The summed E-state index contributed by atoms with van der Waals surface area (Å²) in [5, 5.41) is -0.0773. The third kappa shape index (κ3) is 4.58. The molecule has 0 aromatic carbocycles. The smallest absolute Gasteiger partial charge is 0.366 e. The number of amides is 1. The fraction of sp³-hybridized carbons (Fsp3) is 0.455. The average molecular weight is 313 g/mol. The van der Waals surface area contributed by atoms with Crippen molar-refractivity contribution in [3.8, 4) is 0 Å². The van der Waals surface area contributed by atoms with Crippen LogP contribution in [0.2, 0.25) is 0 Å². The maximum Gasteiger partial charge on any atom is 0.433 e. The molecule has 0 spiro atoms. The van der Waals surface area contributed by atoms with Crippen molar-refractivity contribution in [2.75, 3.05) is 5.88 Å². The highest BCUT2D eigenvalue weighted by molar-refractivity contribution is 7.99. The lowest BCUT2D eigenvalue weighted by molar-refractivity contribution is -0.141. The van der Waals surface area contributed by atoms with Gasteiger partial charge >= 0.3 is 6.18 Å². The van der Waals surface area contributed by atoms with Gasteiger partial charge < -0.3 is 5.73 Å². The second-order valence-electron chi connectivity index (χ2n) is 3.82. The number of nitrogens with zero attached hydrogens (tertiary/aromatic N) is 1. The lowest BCUT2D eigenvalue weighted by atomic mass is 10.2. The van der Waals surface area contributed by atoms with Crippen molar-refractivity contribution in [3.05, 3.63) is 23.4 Å². The van der Waals surface area contributed by atoms with Gasteiger partial charge in [0.05, 0.1) is 5.56 Å². The van der Waals surface area contributed by atoms with Crippen LogP contribution in [0, 0.1) is 0 Å².